The van der Waals surface area contributed by atoms with E-state index < -0.39 is 9.84 Å². The minimum absolute atomic E-state index is 0.0832. The van der Waals surface area contributed by atoms with Crippen LogP contribution in [0.1, 0.15) is 27.7 Å². The van der Waals surface area contributed by atoms with Gasteiger partial charge < -0.3 is 5.32 Å². The summed E-state index contributed by atoms with van der Waals surface area (Å²) in [4.78, 5) is 2.16. The lowest BCUT2D eigenvalue weighted by atomic mass is 9.92. The van der Waals surface area contributed by atoms with Crippen LogP contribution in [-0.2, 0) is 9.84 Å². The lowest BCUT2D eigenvalue weighted by Gasteiger charge is -2.39. The molecular formula is C14H30N2O2S2. The summed E-state index contributed by atoms with van der Waals surface area (Å²) in [6, 6.07) is 0. The van der Waals surface area contributed by atoms with E-state index in [0.29, 0.717) is 11.7 Å². The van der Waals surface area contributed by atoms with Gasteiger partial charge in [-0.05, 0) is 17.9 Å². The molecule has 1 fully saturated rings. The monoisotopic (exact) mass is 322 g/mol. The van der Waals surface area contributed by atoms with Gasteiger partial charge in [-0.15, -0.1) is 0 Å². The molecular weight excluding hydrogens is 292 g/mol. The Morgan fingerprint density at radius 1 is 1.40 bits per heavy atom. The number of nitrogens with zero attached hydrogens (tertiary/aromatic N) is 1. The van der Waals surface area contributed by atoms with Crippen molar-refractivity contribution in [3.8, 4) is 0 Å². The quantitative estimate of drug-likeness (QED) is 0.773. The van der Waals surface area contributed by atoms with Crippen molar-refractivity contribution in [2.45, 2.75) is 33.1 Å². The molecule has 0 radical (unpaired) electrons. The molecule has 1 heterocycles. The third-order valence-corrected chi connectivity index (χ3v) is 6.16. The molecule has 1 unspecified atom stereocenters. The van der Waals surface area contributed by atoms with Crippen molar-refractivity contribution in [2.24, 2.45) is 11.3 Å². The molecule has 0 aromatic carbocycles. The van der Waals surface area contributed by atoms with Crippen LogP contribution in [0.3, 0.4) is 0 Å². The molecule has 0 spiro atoms. The molecule has 0 aromatic rings. The van der Waals surface area contributed by atoms with Crippen LogP contribution in [0.4, 0.5) is 0 Å². The van der Waals surface area contributed by atoms with Crippen molar-refractivity contribution in [1.29, 1.82) is 0 Å². The van der Waals surface area contributed by atoms with Gasteiger partial charge in [0.1, 0.15) is 5.37 Å². The Morgan fingerprint density at radius 2 is 2.05 bits per heavy atom. The van der Waals surface area contributed by atoms with Gasteiger partial charge in [-0.25, -0.2) is 8.42 Å². The Labute approximate surface area is 129 Å². The number of hydrogen-bond acceptors (Lipinski definition) is 5. The number of thioether (sulfide) groups is 1. The van der Waals surface area contributed by atoms with Gasteiger partial charge in [0.15, 0.2) is 9.84 Å². The minimum Gasteiger partial charge on any atom is -0.316 e. The van der Waals surface area contributed by atoms with Crippen LogP contribution in [-0.4, -0.2) is 62.6 Å². The van der Waals surface area contributed by atoms with Crippen molar-refractivity contribution in [3.63, 3.8) is 0 Å². The molecule has 1 aliphatic heterocycles. The molecule has 120 valence electrons. The smallest absolute Gasteiger partial charge is 0.164 e. The zero-order chi connectivity index (χ0) is 15.4. The Hall–Kier alpha value is 0.220. The molecule has 6 heteroatoms. The maximum Gasteiger partial charge on any atom is 0.164 e. The zero-order valence-corrected chi connectivity index (χ0v) is 15.1. The van der Waals surface area contributed by atoms with E-state index in [1.807, 2.05) is 0 Å². The number of nitrogens with one attached hydrogen (secondary N) is 1. The standard InChI is InChI=1S/C14H30N2O2S2/c1-12(2)8-15-10-14(3,4)11-16-6-7-19-9-13(16)20(5,17)18/h12-13,15H,6-11H2,1-5H3. The van der Waals surface area contributed by atoms with Gasteiger partial charge in [-0.3, -0.25) is 4.90 Å². The van der Waals surface area contributed by atoms with E-state index in [2.05, 4.69) is 37.9 Å². The van der Waals surface area contributed by atoms with Crippen LogP contribution in [0.25, 0.3) is 0 Å². The van der Waals surface area contributed by atoms with Crippen LogP contribution in [0.2, 0.25) is 0 Å². The van der Waals surface area contributed by atoms with Crippen LogP contribution >= 0.6 is 11.8 Å². The van der Waals surface area contributed by atoms with E-state index >= 15 is 0 Å². The highest BCUT2D eigenvalue weighted by molar-refractivity contribution is 8.00. The third-order valence-electron chi connectivity index (χ3n) is 3.47. The predicted molar refractivity (Wildman–Crippen MR) is 89.0 cm³/mol. The molecule has 1 atom stereocenters. The summed E-state index contributed by atoms with van der Waals surface area (Å²) in [7, 11) is -3.00. The third kappa shape index (κ3) is 6.33. The van der Waals surface area contributed by atoms with E-state index in [9.17, 15) is 8.42 Å². The van der Waals surface area contributed by atoms with Gasteiger partial charge in [0.25, 0.3) is 0 Å². The molecule has 0 aliphatic carbocycles. The first-order valence-electron chi connectivity index (χ1n) is 7.33. The molecule has 0 bridgehead atoms. The summed E-state index contributed by atoms with van der Waals surface area (Å²) in [5, 5.41) is 3.17. The first kappa shape index (κ1) is 18.3. The molecule has 4 nitrogen and oxygen atoms in total. The largest absolute Gasteiger partial charge is 0.316 e. The van der Waals surface area contributed by atoms with E-state index in [0.717, 1.165) is 31.9 Å². The highest BCUT2D eigenvalue weighted by atomic mass is 32.2. The van der Waals surface area contributed by atoms with Gasteiger partial charge in [-0.1, -0.05) is 27.7 Å². The lowest BCUT2D eigenvalue weighted by molar-refractivity contribution is 0.170. The SMILES string of the molecule is CC(C)CNCC(C)(C)CN1CCSCC1S(C)(=O)=O. The molecule has 20 heavy (non-hydrogen) atoms. The van der Waals surface area contributed by atoms with Crippen LogP contribution in [0.5, 0.6) is 0 Å². The first-order valence-corrected chi connectivity index (χ1v) is 10.4. The maximum absolute atomic E-state index is 11.9. The van der Waals surface area contributed by atoms with Gasteiger partial charge in [0.05, 0.1) is 0 Å². The topological polar surface area (TPSA) is 49.4 Å². The molecule has 1 saturated heterocycles. The summed E-state index contributed by atoms with van der Waals surface area (Å²) < 4.78 is 23.8. The second kappa shape index (κ2) is 7.47. The Balaban J connectivity index is 2.59. The fourth-order valence-corrected chi connectivity index (χ4v) is 5.44. The summed E-state index contributed by atoms with van der Waals surface area (Å²) >= 11 is 1.74. The lowest BCUT2D eigenvalue weighted by Crippen LogP contribution is -2.51. The highest BCUT2D eigenvalue weighted by Gasteiger charge is 2.34. The van der Waals surface area contributed by atoms with Crippen molar-refractivity contribution in [1.82, 2.24) is 10.2 Å². The van der Waals surface area contributed by atoms with Gasteiger partial charge in [0, 0.05) is 37.4 Å². The number of sulfone groups is 1. The maximum atomic E-state index is 11.9. The van der Waals surface area contributed by atoms with Gasteiger partial charge >= 0.3 is 0 Å². The van der Waals surface area contributed by atoms with Crippen molar-refractivity contribution in [2.75, 3.05) is 43.9 Å². The average molecular weight is 323 g/mol. The van der Waals surface area contributed by atoms with Gasteiger partial charge in [-0.2, -0.15) is 11.8 Å². The van der Waals surface area contributed by atoms with Crippen LogP contribution in [0.15, 0.2) is 0 Å². The van der Waals surface area contributed by atoms with E-state index in [1.54, 1.807) is 11.8 Å². The van der Waals surface area contributed by atoms with Crippen molar-refractivity contribution in [3.05, 3.63) is 0 Å². The van der Waals surface area contributed by atoms with Crippen molar-refractivity contribution >= 4 is 21.6 Å². The summed E-state index contributed by atoms with van der Waals surface area (Å²) in [6.07, 6.45) is 1.36. The fourth-order valence-electron chi connectivity index (χ4n) is 2.50. The van der Waals surface area contributed by atoms with E-state index in [4.69, 9.17) is 0 Å². The summed E-state index contributed by atoms with van der Waals surface area (Å²) in [5.74, 6) is 2.37. The van der Waals surface area contributed by atoms with Crippen LogP contribution < -0.4 is 5.32 Å². The fraction of sp³-hybridized carbons (Fsp3) is 1.00. The molecule has 1 aliphatic rings. The number of rotatable bonds is 7. The summed E-state index contributed by atoms with van der Waals surface area (Å²) in [6.45, 7) is 12.4. The first-order chi connectivity index (χ1) is 9.12. The minimum atomic E-state index is -3.00. The molecule has 1 N–H and O–H groups in total. The summed E-state index contributed by atoms with van der Waals surface area (Å²) in [5.41, 5.74) is 0.0832. The Kier molecular flexibility index (Phi) is 6.83. The Bertz CT molecular complexity index is 394. The average Bonchev–Trinajstić information content (AvgIpc) is 2.26. The van der Waals surface area contributed by atoms with Crippen molar-refractivity contribution < 1.29 is 8.42 Å². The molecule has 0 aromatic heterocycles. The second-order valence-corrected chi connectivity index (χ2v) is 10.4. The molecule has 0 amide bonds. The molecule has 0 saturated carbocycles. The predicted octanol–water partition coefficient (Wildman–Crippen LogP) is 1.68. The van der Waals surface area contributed by atoms with E-state index in [-0.39, 0.29) is 10.8 Å². The zero-order valence-electron chi connectivity index (χ0n) is 13.5. The Morgan fingerprint density at radius 3 is 2.60 bits per heavy atom. The highest BCUT2D eigenvalue weighted by Crippen LogP contribution is 2.25. The van der Waals surface area contributed by atoms with E-state index in [1.165, 1.54) is 6.26 Å². The van der Waals surface area contributed by atoms with Gasteiger partial charge in [0.2, 0.25) is 0 Å². The normalized spacial score (nSPS) is 22.4. The molecule has 1 rings (SSSR count). The van der Waals surface area contributed by atoms with Crippen LogP contribution in [0, 0.1) is 11.3 Å². The number of hydrogen-bond donors (Lipinski definition) is 1. The second-order valence-electron chi connectivity index (χ2n) is 7.02.